The second-order valence-electron chi connectivity index (χ2n) is 5.16. The smallest absolute Gasteiger partial charge is 0.199 e. The summed E-state index contributed by atoms with van der Waals surface area (Å²) in [6, 6.07) is 4.55. The Hall–Kier alpha value is -1.69. The summed E-state index contributed by atoms with van der Waals surface area (Å²) in [4.78, 5) is 0. The molecule has 0 aliphatic heterocycles. The van der Waals surface area contributed by atoms with Gasteiger partial charge in [-0.1, -0.05) is 30.3 Å². The first-order valence-electron chi connectivity index (χ1n) is 6.32. The van der Waals surface area contributed by atoms with Crippen LogP contribution in [0.15, 0.2) is 30.3 Å². The van der Waals surface area contributed by atoms with E-state index in [1.54, 1.807) is 0 Å². The molecule has 0 saturated heterocycles. The minimum Gasteiger partial charge on any atom is -0.199 e. The van der Waals surface area contributed by atoms with Gasteiger partial charge in [0.15, 0.2) is 0 Å². The van der Waals surface area contributed by atoms with Gasteiger partial charge in [-0.05, 0) is 5.56 Å². The predicted octanol–water partition coefficient (Wildman–Crippen LogP) is 5.97. The highest BCUT2D eigenvalue weighted by molar-refractivity contribution is 5.19. The topological polar surface area (TPSA) is 0 Å². The van der Waals surface area contributed by atoms with E-state index in [-0.39, 0.29) is 0 Å². The fourth-order valence-corrected chi connectivity index (χ4v) is 1.77. The van der Waals surface area contributed by atoms with Gasteiger partial charge in [0, 0.05) is 6.42 Å². The number of hydrogen-bond donors (Lipinski definition) is 0. The Morgan fingerprint density at radius 3 is 1.27 bits per heavy atom. The minimum absolute atomic E-state index is 0.699. The van der Waals surface area contributed by atoms with Gasteiger partial charge in [-0.2, -0.15) is 57.1 Å². The molecular formula is C13H7F13. The van der Waals surface area contributed by atoms with Crippen LogP contribution < -0.4 is 0 Å². The Balaban J connectivity index is 3.38. The second kappa shape index (κ2) is 6.19. The third kappa shape index (κ3) is 3.20. The zero-order valence-electron chi connectivity index (χ0n) is 12.0. The fourth-order valence-electron chi connectivity index (χ4n) is 1.77. The number of hydrogen-bond acceptors (Lipinski definition) is 0. The Labute approximate surface area is 136 Å². The zero-order chi connectivity index (χ0) is 20.8. The summed E-state index contributed by atoms with van der Waals surface area (Å²) in [5.74, 6) is -36.6. The normalized spacial score (nSPS) is 15.3. The standard InChI is InChI=1S/C13H7F13/c14-8(15,6-7-4-2-1-3-5-7)9(16,17)10(18,19)11(20,21)12(22,23)13(24,25)26/h1-5H,6H2. The fraction of sp³-hybridized carbons (Fsp3) is 0.538. The van der Waals surface area contributed by atoms with Gasteiger partial charge in [0.1, 0.15) is 0 Å². The molecule has 0 atom stereocenters. The lowest BCUT2D eigenvalue weighted by Gasteiger charge is -2.39. The number of halogens is 13. The highest BCUT2D eigenvalue weighted by Crippen LogP contribution is 2.60. The largest absolute Gasteiger partial charge is 0.460 e. The van der Waals surface area contributed by atoms with E-state index < -0.39 is 47.8 Å². The van der Waals surface area contributed by atoms with Crippen LogP contribution in [0.5, 0.6) is 0 Å². The maximum Gasteiger partial charge on any atom is 0.460 e. The molecule has 0 aliphatic carbocycles. The molecule has 0 nitrogen and oxygen atoms in total. The van der Waals surface area contributed by atoms with Gasteiger partial charge in [-0.15, -0.1) is 0 Å². The molecule has 0 heterocycles. The van der Waals surface area contributed by atoms with Crippen molar-refractivity contribution >= 4 is 0 Å². The van der Waals surface area contributed by atoms with E-state index in [4.69, 9.17) is 0 Å². The molecule has 26 heavy (non-hydrogen) atoms. The van der Waals surface area contributed by atoms with Crippen LogP contribution in [-0.2, 0) is 6.42 Å². The van der Waals surface area contributed by atoms with E-state index in [0.717, 1.165) is 12.1 Å². The number of alkyl halides is 13. The van der Waals surface area contributed by atoms with Crippen molar-refractivity contribution in [3.05, 3.63) is 35.9 Å². The lowest BCUT2D eigenvalue weighted by atomic mass is 9.91. The van der Waals surface area contributed by atoms with Crippen LogP contribution in [0.3, 0.4) is 0 Å². The molecule has 0 fully saturated rings. The molecule has 0 saturated carbocycles. The van der Waals surface area contributed by atoms with E-state index in [2.05, 4.69) is 0 Å². The van der Waals surface area contributed by atoms with E-state index in [1.807, 2.05) is 0 Å². The van der Waals surface area contributed by atoms with Crippen LogP contribution in [0.4, 0.5) is 57.1 Å². The number of benzene rings is 1. The monoisotopic (exact) mass is 410 g/mol. The zero-order valence-corrected chi connectivity index (χ0v) is 12.0. The van der Waals surface area contributed by atoms with E-state index in [0.29, 0.717) is 12.1 Å². The summed E-state index contributed by atoms with van der Waals surface area (Å²) in [6.07, 6.45) is -9.71. The molecule has 0 amide bonds. The van der Waals surface area contributed by atoms with Crippen LogP contribution in [0.1, 0.15) is 5.56 Å². The van der Waals surface area contributed by atoms with Crippen LogP contribution in [0.2, 0.25) is 0 Å². The van der Waals surface area contributed by atoms with Gasteiger partial charge < -0.3 is 0 Å². The molecule has 0 spiro atoms. The third-order valence-corrected chi connectivity index (χ3v) is 3.27. The summed E-state index contributed by atoms with van der Waals surface area (Å²) in [5, 5.41) is 0. The molecule has 1 aromatic carbocycles. The highest BCUT2D eigenvalue weighted by Gasteiger charge is 2.90. The summed E-state index contributed by atoms with van der Waals surface area (Å²) in [7, 11) is 0. The molecule has 1 rings (SSSR count). The lowest BCUT2D eigenvalue weighted by molar-refractivity contribution is -0.439. The van der Waals surface area contributed by atoms with Crippen molar-refractivity contribution in [3.63, 3.8) is 0 Å². The highest BCUT2D eigenvalue weighted by atomic mass is 19.4. The predicted molar refractivity (Wildman–Crippen MR) is 60.9 cm³/mol. The van der Waals surface area contributed by atoms with E-state index >= 15 is 0 Å². The number of rotatable bonds is 6. The summed E-state index contributed by atoms with van der Waals surface area (Å²) in [6.45, 7) is 0. The third-order valence-electron chi connectivity index (χ3n) is 3.27. The van der Waals surface area contributed by atoms with Gasteiger partial charge in [0.25, 0.3) is 0 Å². The van der Waals surface area contributed by atoms with Crippen molar-refractivity contribution in [1.82, 2.24) is 0 Å². The molecule has 1 aromatic rings. The van der Waals surface area contributed by atoms with Crippen molar-refractivity contribution in [2.45, 2.75) is 42.2 Å². The van der Waals surface area contributed by atoms with Gasteiger partial charge in [0.05, 0.1) is 0 Å². The first kappa shape index (κ1) is 22.4. The van der Waals surface area contributed by atoms with Crippen LogP contribution >= 0.6 is 0 Å². The van der Waals surface area contributed by atoms with Gasteiger partial charge >= 0.3 is 35.8 Å². The minimum atomic E-state index is -7.86. The molecule has 0 unspecified atom stereocenters. The molecule has 13 heteroatoms. The van der Waals surface area contributed by atoms with Crippen LogP contribution in [-0.4, -0.2) is 35.8 Å². The van der Waals surface area contributed by atoms with Gasteiger partial charge in [-0.25, -0.2) is 0 Å². The first-order chi connectivity index (χ1) is 11.3. The van der Waals surface area contributed by atoms with Crippen LogP contribution in [0.25, 0.3) is 0 Å². The van der Waals surface area contributed by atoms with Gasteiger partial charge in [-0.3, -0.25) is 0 Å². The molecule has 150 valence electrons. The first-order valence-corrected chi connectivity index (χ1v) is 6.32. The Morgan fingerprint density at radius 1 is 0.500 bits per heavy atom. The van der Waals surface area contributed by atoms with Crippen molar-refractivity contribution in [1.29, 1.82) is 0 Å². The molecule has 0 aliphatic rings. The molecular weight excluding hydrogens is 403 g/mol. The van der Waals surface area contributed by atoms with Crippen molar-refractivity contribution in [3.8, 4) is 0 Å². The second-order valence-corrected chi connectivity index (χ2v) is 5.16. The average molecular weight is 410 g/mol. The molecule has 0 aromatic heterocycles. The summed E-state index contributed by atoms with van der Waals surface area (Å²) < 4.78 is 167. The van der Waals surface area contributed by atoms with Crippen molar-refractivity contribution in [2.24, 2.45) is 0 Å². The lowest BCUT2D eigenvalue weighted by Crippen LogP contribution is -2.70. The molecule has 0 N–H and O–H groups in total. The summed E-state index contributed by atoms with van der Waals surface area (Å²) in [5.41, 5.74) is -0.779. The van der Waals surface area contributed by atoms with Crippen LogP contribution in [0, 0.1) is 0 Å². The van der Waals surface area contributed by atoms with Gasteiger partial charge in [0.2, 0.25) is 0 Å². The van der Waals surface area contributed by atoms with Crippen molar-refractivity contribution in [2.75, 3.05) is 0 Å². The quantitative estimate of drug-likeness (QED) is 0.507. The van der Waals surface area contributed by atoms with Crippen molar-refractivity contribution < 1.29 is 57.1 Å². The Morgan fingerprint density at radius 2 is 0.885 bits per heavy atom. The average Bonchev–Trinajstić information content (AvgIpc) is 2.45. The maximum atomic E-state index is 13.5. The SMILES string of the molecule is FC(F)(F)C(F)(F)C(F)(F)C(F)(F)C(F)(F)C(F)(F)Cc1ccccc1. The van der Waals surface area contributed by atoms with E-state index in [9.17, 15) is 57.1 Å². The Bertz CT molecular complexity index is 615. The summed E-state index contributed by atoms with van der Waals surface area (Å²) >= 11 is 0. The maximum absolute atomic E-state index is 13.5. The molecule has 0 bridgehead atoms. The van der Waals surface area contributed by atoms with E-state index in [1.165, 1.54) is 6.07 Å². The Kier molecular flexibility index (Phi) is 5.32. The molecule has 0 radical (unpaired) electrons.